The molecule has 3 heteroatoms. The van der Waals surface area contributed by atoms with E-state index in [1.807, 2.05) is 45.9 Å². The van der Waals surface area contributed by atoms with Crippen LogP contribution >= 0.6 is 15.9 Å². The van der Waals surface area contributed by atoms with Gasteiger partial charge in [0.15, 0.2) is 0 Å². The van der Waals surface area contributed by atoms with Crippen LogP contribution in [-0.4, -0.2) is 0 Å². The van der Waals surface area contributed by atoms with Crippen molar-refractivity contribution >= 4 is 15.9 Å². The Morgan fingerprint density at radius 3 is 2.22 bits per heavy atom. The van der Waals surface area contributed by atoms with Crippen molar-refractivity contribution in [2.45, 2.75) is 44.0 Å². The number of hydrogen-bond acceptors (Lipinski definition) is 1. The molecule has 0 aliphatic carbocycles. The summed E-state index contributed by atoms with van der Waals surface area (Å²) in [5, 5.41) is 9.97. The molecule has 18 heavy (non-hydrogen) atoms. The van der Waals surface area contributed by atoms with Gasteiger partial charge in [-0.25, -0.2) is 6.57 Å². The van der Waals surface area contributed by atoms with Crippen LogP contribution < -0.4 is 0 Å². The summed E-state index contributed by atoms with van der Waals surface area (Å²) in [7, 11) is 0. The van der Waals surface area contributed by atoms with E-state index in [9.17, 15) is 5.26 Å². The number of nitrogens with zero attached hydrogens (tertiary/aromatic N) is 2. The Kier molecular flexibility index (Phi) is 4.20. The summed E-state index contributed by atoms with van der Waals surface area (Å²) in [5.41, 5.74) is 1.94. The van der Waals surface area contributed by atoms with Gasteiger partial charge < -0.3 is 4.85 Å². The Morgan fingerprint density at radius 2 is 1.78 bits per heavy atom. The number of alkyl halides is 1. The molecule has 0 spiro atoms. The molecule has 0 fully saturated rings. The summed E-state index contributed by atoms with van der Waals surface area (Å²) in [4.78, 5) is 3.67. The number of rotatable bonds is 3. The van der Waals surface area contributed by atoms with Crippen molar-refractivity contribution in [3.63, 3.8) is 0 Å². The molecule has 0 N–H and O–H groups in total. The van der Waals surface area contributed by atoms with E-state index in [2.05, 4.69) is 26.8 Å². The lowest BCUT2D eigenvalue weighted by Gasteiger charge is -2.20. The minimum Gasteiger partial charge on any atom is -0.306 e. The number of halogens is 1. The van der Waals surface area contributed by atoms with Gasteiger partial charge in [0, 0.05) is 24.7 Å². The molecule has 0 atom stereocenters. The Labute approximate surface area is 118 Å². The molecule has 94 valence electrons. The van der Waals surface area contributed by atoms with Gasteiger partial charge in [-0.05, 0) is 37.1 Å². The first-order valence-electron chi connectivity index (χ1n) is 5.77. The summed E-state index contributed by atoms with van der Waals surface area (Å²) < 4.78 is 0. The summed E-state index contributed by atoms with van der Waals surface area (Å²) in [6.07, 6.45) is 0. The van der Waals surface area contributed by atoms with Crippen molar-refractivity contribution in [2.75, 3.05) is 0 Å². The fourth-order valence-corrected chi connectivity index (χ4v) is 1.94. The first kappa shape index (κ1) is 14.7. The van der Waals surface area contributed by atoms with Crippen LogP contribution in [-0.2, 0) is 16.3 Å². The van der Waals surface area contributed by atoms with Gasteiger partial charge in [-0.1, -0.05) is 22.0 Å². The fourth-order valence-electron chi connectivity index (χ4n) is 1.61. The molecule has 1 aromatic carbocycles. The standard InChI is InChI=1S/C15H17BrN2/c1-14(2,10-17)12-6-11(9-16)7-13(8-12)15(3,4)18-5/h6-8H,9H2,1-4H3. The second-order valence-corrected chi connectivity index (χ2v) is 6.02. The SMILES string of the molecule is [C-]#[N+]C(C)(C)c1cc(CBr)cc(C(C)(C)C#N)c1. The van der Waals surface area contributed by atoms with Gasteiger partial charge in [0.25, 0.3) is 5.54 Å². The van der Waals surface area contributed by atoms with Crippen LogP contribution in [0.5, 0.6) is 0 Å². The van der Waals surface area contributed by atoms with Crippen molar-refractivity contribution in [1.29, 1.82) is 5.26 Å². The Balaban J connectivity index is 3.47. The Bertz CT molecular complexity index is 486. The van der Waals surface area contributed by atoms with E-state index >= 15 is 0 Å². The summed E-state index contributed by atoms with van der Waals surface area (Å²) in [6, 6.07) is 8.35. The average molecular weight is 305 g/mol. The van der Waals surface area contributed by atoms with E-state index in [0.29, 0.717) is 0 Å². The van der Waals surface area contributed by atoms with E-state index in [1.54, 1.807) is 0 Å². The molecule has 1 rings (SSSR count). The molecular formula is C15H17BrN2. The second kappa shape index (κ2) is 5.12. The molecule has 2 nitrogen and oxygen atoms in total. The highest BCUT2D eigenvalue weighted by Gasteiger charge is 2.29. The molecule has 0 aliphatic rings. The second-order valence-electron chi connectivity index (χ2n) is 5.46. The predicted molar refractivity (Wildman–Crippen MR) is 77.3 cm³/mol. The molecule has 0 aliphatic heterocycles. The first-order valence-corrected chi connectivity index (χ1v) is 6.90. The van der Waals surface area contributed by atoms with Gasteiger partial charge in [-0.2, -0.15) is 5.26 Å². The van der Waals surface area contributed by atoms with Gasteiger partial charge >= 0.3 is 0 Å². The van der Waals surface area contributed by atoms with Crippen molar-refractivity contribution in [2.24, 2.45) is 0 Å². The van der Waals surface area contributed by atoms with Gasteiger partial charge in [0.1, 0.15) is 0 Å². The molecular weight excluding hydrogens is 288 g/mol. The average Bonchev–Trinajstić information content (AvgIpc) is 2.38. The Hall–Kier alpha value is -1.32. The third-order valence-corrected chi connectivity index (χ3v) is 3.78. The van der Waals surface area contributed by atoms with Gasteiger partial charge in [0.2, 0.25) is 0 Å². The maximum absolute atomic E-state index is 9.24. The number of hydrogen-bond donors (Lipinski definition) is 0. The van der Waals surface area contributed by atoms with Crippen LogP contribution in [0.25, 0.3) is 4.85 Å². The van der Waals surface area contributed by atoms with Gasteiger partial charge in [-0.3, -0.25) is 0 Å². The van der Waals surface area contributed by atoms with E-state index in [1.165, 1.54) is 0 Å². The zero-order chi connectivity index (χ0) is 14.0. The summed E-state index contributed by atoms with van der Waals surface area (Å²) in [6.45, 7) is 14.9. The van der Waals surface area contributed by atoms with Crippen LogP contribution in [0.15, 0.2) is 18.2 Å². The predicted octanol–water partition coefficient (Wildman–Crippen LogP) is 4.54. The zero-order valence-corrected chi connectivity index (χ0v) is 12.8. The van der Waals surface area contributed by atoms with Crippen LogP contribution in [0.3, 0.4) is 0 Å². The lowest BCUT2D eigenvalue weighted by molar-refractivity contribution is 0.646. The summed E-state index contributed by atoms with van der Waals surface area (Å²) in [5.74, 6) is 0. The van der Waals surface area contributed by atoms with Crippen molar-refractivity contribution in [3.05, 3.63) is 46.3 Å². The van der Waals surface area contributed by atoms with E-state index in [0.717, 1.165) is 22.0 Å². The topological polar surface area (TPSA) is 28.1 Å². The highest BCUT2D eigenvalue weighted by molar-refractivity contribution is 9.08. The van der Waals surface area contributed by atoms with E-state index in [-0.39, 0.29) is 0 Å². The largest absolute Gasteiger partial charge is 0.306 e. The van der Waals surface area contributed by atoms with Crippen molar-refractivity contribution in [3.8, 4) is 6.07 Å². The molecule has 0 radical (unpaired) electrons. The first-order chi connectivity index (χ1) is 8.26. The third-order valence-electron chi connectivity index (χ3n) is 3.13. The molecule has 0 heterocycles. The monoisotopic (exact) mass is 304 g/mol. The quantitative estimate of drug-likeness (QED) is 0.595. The lowest BCUT2D eigenvalue weighted by Crippen LogP contribution is -2.18. The van der Waals surface area contributed by atoms with Gasteiger partial charge in [0.05, 0.1) is 11.5 Å². The fraction of sp³-hybridized carbons (Fsp3) is 0.467. The normalized spacial score (nSPS) is 11.7. The van der Waals surface area contributed by atoms with Gasteiger partial charge in [-0.15, -0.1) is 0 Å². The van der Waals surface area contributed by atoms with E-state index < -0.39 is 11.0 Å². The number of benzene rings is 1. The highest BCUT2D eigenvalue weighted by atomic mass is 79.9. The minimum absolute atomic E-state index is 0.537. The van der Waals surface area contributed by atoms with Crippen LogP contribution in [0, 0.1) is 17.9 Å². The maximum atomic E-state index is 9.24. The summed E-state index contributed by atoms with van der Waals surface area (Å²) >= 11 is 3.44. The third kappa shape index (κ3) is 2.92. The molecule has 0 saturated heterocycles. The molecule has 0 aromatic heterocycles. The smallest absolute Gasteiger partial charge is 0.252 e. The lowest BCUT2D eigenvalue weighted by atomic mass is 9.82. The van der Waals surface area contributed by atoms with Crippen LogP contribution in [0.4, 0.5) is 0 Å². The van der Waals surface area contributed by atoms with Crippen molar-refractivity contribution < 1.29 is 0 Å². The molecule has 0 bridgehead atoms. The highest BCUT2D eigenvalue weighted by Crippen LogP contribution is 2.31. The number of nitriles is 1. The molecule has 0 unspecified atom stereocenters. The molecule has 0 amide bonds. The minimum atomic E-state index is -0.557. The molecule has 0 saturated carbocycles. The van der Waals surface area contributed by atoms with E-state index in [4.69, 9.17) is 6.57 Å². The van der Waals surface area contributed by atoms with Crippen molar-refractivity contribution in [1.82, 2.24) is 0 Å². The van der Waals surface area contributed by atoms with Crippen LogP contribution in [0.1, 0.15) is 44.4 Å². The Morgan fingerprint density at radius 1 is 1.22 bits per heavy atom. The van der Waals surface area contributed by atoms with Crippen LogP contribution in [0.2, 0.25) is 0 Å². The molecule has 1 aromatic rings. The zero-order valence-electron chi connectivity index (χ0n) is 11.2. The maximum Gasteiger partial charge on any atom is 0.252 e.